The summed E-state index contributed by atoms with van der Waals surface area (Å²) in [5.74, 6) is 0. The molecular weight excluding hydrogens is 228 g/mol. The van der Waals surface area contributed by atoms with Crippen LogP contribution in [0.25, 0.3) is 0 Å². The van der Waals surface area contributed by atoms with E-state index in [4.69, 9.17) is 5.73 Å². The molecule has 2 heterocycles. The first-order valence-corrected chi connectivity index (χ1v) is 6.87. The average molecular weight is 244 g/mol. The normalized spacial score (nSPS) is 14.0. The van der Waals surface area contributed by atoms with Gasteiger partial charge in [-0.05, 0) is 35.9 Å². The zero-order chi connectivity index (χ0) is 11.7. The Hall–Kier alpha value is -1.48. The van der Waals surface area contributed by atoms with Gasteiger partial charge in [0.15, 0.2) is 0 Å². The number of rotatable bonds is 3. The summed E-state index contributed by atoms with van der Waals surface area (Å²) in [4.78, 5) is 3.87. The van der Waals surface area contributed by atoms with Crippen molar-refractivity contribution in [1.29, 1.82) is 0 Å². The van der Waals surface area contributed by atoms with Crippen molar-refractivity contribution >= 4 is 22.7 Å². The molecule has 0 radical (unpaired) electrons. The van der Waals surface area contributed by atoms with E-state index < -0.39 is 0 Å². The summed E-state index contributed by atoms with van der Waals surface area (Å²) in [6.45, 7) is 2.18. The minimum atomic E-state index is 0.922. The first-order chi connectivity index (χ1) is 8.34. The van der Waals surface area contributed by atoms with Crippen molar-refractivity contribution in [2.45, 2.75) is 12.8 Å². The maximum Gasteiger partial charge on any atom is 0.0633 e. The number of nitrogens with zero attached hydrogens (tertiary/aromatic N) is 1. The molecule has 0 bridgehead atoms. The monoisotopic (exact) mass is 244 g/mol. The highest BCUT2D eigenvalue weighted by Gasteiger charge is 2.20. The summed E-state index contributed by atoms with van der Waals surface area (Å²) < 4.78 is 0. The highest BCUT2D eigenvalue weighted by Crippen LogP contribution is 2.33. The Bertz CT molecular complexity index is 505. The second-order valence-electron chi connectivity index (χ2n) is 4.42. The maximum atomic E-state index is 6.07. The number of hydrogen-bond acceptors (Lipinski definition) is 3. The van der Waals surface area contributed by atoms with Crippen molar-refractivity contribution in [2.24, 2.45) is 0 Å². The zero-order valence-corrected chi connectivity index (χ0v) is 10.5. The fourth-order valence-electron chi connectivity index (χ4n) is 2.49. The summed E-state index contributed by atoms with van der Waals surface area (Å²) in [5.41, 5.74) is 9.66. The number of fused-ring (bicyclic) bond motifs is 1. The third-order valence-corrected chi connectivity index (χ3v) is 4.26. The molecule has 0 saturated heterocycles. The van der Waals surface area contributed by atoms with Crippen molar-refractivity contribution < 1.29 is 0 Å². The quantitative estimate of drug-likeness (QED) is 0.841. The first kappa shape index (κ1) is 10.7. The van der Waals surface area contributed by atoms with Crippen LogP contribution in [0.5, 0.6) is 0 Å². The van der Waals surface area contributed by atoms with Crippen LogP contribution in [0.15, 0.2) is 35.7 Å². The number of benzene rings is 1. The molecule has 17 heavy (non-hydrogen) atoms. The van der Waals surface area contributed by atoms with Gasteiger partial charge in [-0.25, -0.2) is 0 Å². The summed E-state index contributed by atoms with van der Waals surface area (Å²) in [6.07, 6.45) is 2.25. The van der Waals surface area contributed by atoms with Crippen LogP contribution in [0, 0.1) is 0 Å². The minimum Gasteiger partial charge on any atom is -0.397 e. The van der Waals surface area contributed by atoms with Gasteiger partial charge in [-0.3, -0.25) is 0 Å². The van der Waals surface area contributed by atoms with E-state index in [9.17, 15) is 0 Å². The molecule has 1 aromatic heterocycles. The lowest BCUT2D eigenvalue weighted by atomic mass is 10.1. The molecule has 1 aromatic carbocycles. The van der Waals surface area contributed by atoms with Crippen LogP contribution in [0.3, 0.4) is 0 Å². The fraction of sp³-hybridized carbons (Fsp3) is 0.286. The predicted molar refractivity (Wildman–Crippen MR) is 74.8 cm³/mol. The molecule has 2 aromatic rings. The molecule has 3 heteroatoms. The molecule has 1 aliphatic rings. The van der Waals surface area contributed by atoms with E-state index in [1.807, 2.05) is 17.4 Å². The van der Waals surface area contributed by atoms with Gasteiger partial charge in [0.2, 0.25) is 0 Å². The molecule has 0 fully saturated rings. The molecule has 0 unspecified atom stereocenters. The number of hydrogen-bond donors (Lipinski definition) is 1. The molecule has 0 amide bonds. The Morgan fingerprint density at radius 3 is 3.00 bits per heavy atom. The molecule has 88 valence electrons. The van der Waals surface area contributed by atoms with E-state index in [-0.39, 0.29) is 0 Å². The van der Waals surface area contributed by atoms with Crippen molar-refractivity contribution in [3.05, 3.63) is 46.2 Å². The second-order valence-corrected chi connectivity index (χ2v) is 5.45. The zero-order valence-electron chi connectivity index (χ0n) is 9.73. The van der Waals surface area contributed by atoms with Gasteiger partial charge >= 0.3 is 0 Å². The molecule has 0 atom stereocenters. The summed E-state index contributed by atoms with van der Waals surface area (Å²) >= 11 is 1.83. The van der Waals surface area contributed by atoms with E-state index in [1.165, 1.54) is 16.1 Å². The van der Waals surface area contributed by atoms with Gasteiger partial charge in [0, 0.05) is 18.0 Å². The standard InChI is InChI=1S/C14H16N2S/c15-13-5-1-3-11-6-8-16(14(11)13)9-7-12-4-2-10-17-12/h1-5,10H,6-9,15H2. The summed E-state index contributed by atoms with van der Waals surface area (Å²) in [6, 6.07) is 10.6. The van der Waals surface area contributed by atoms with Gasteiger partial charge in [-0.2, -0.15) is 0 Å². The van der Waals surface area contributed by atoms with E-state index in [2.05, 4.69) is 34.5 Å². The maximum absolute atomic E-state index is 6.07. The van der Waals surface area contributed by atoms with Crippen LogP contribution < -0.4 is 10.6 Å². The lowest BCUT2D eigenvalue weighted by molar-refractivity contribution is 0.820. The summed E-state index contributed by atoms with van der Waals surface area (Å²) in [5, 5.41) is 2.14. The smallest absolute Gasteiger partial charge is 0.0633 e. The Morgan fingerprint density at radius 1 is 1.24 bits per heavy atom. The summed E-state index contributed by atoms with van der Waals surface area (Å²) in [7, 11) is 0. The molecule has 0 spiro atoms. The number of nitrogens with two attached hydrogens (primary N) is 1. The molecular formula is C14H16N2S. The lowest BCUT2D eigenvalue weighted by Crippen LogP contribution is -2.23. The van der Waals surface area contributed by atoms with Gasteiger partial charge in [-0.15, -0.1) is 11.3 Å². The van der Waals surface area contributed by atoms with E-state index in [0.29, 0.717) is 0 Å². The average Bonchev–Trinajstić information content (AvgIpc) is 2.95. The fourth-order valence-corrected chi connectivity index (χ4v) is 3.19. The first-order valence-electron chi connectivity index (χ1n) is 5.99. The molecule has 1 aliphatic heterocycles. The van der Waals surface area contributed by atoms with Crippen molar-refractivity contribution in [2.75, 3.05) is 23.7 Å². The van der Waals surface area contributed by atoms with Crippen LogP contribution >= 0.6 is 11.3 Å². The molecule has 0 aliphatic carbocycles. The van der Waals surface area contributed by atoms with Gasteiger partial charge in [0.05, 0.1) is 11.4 Å². The number of anilines is 2. The Balaban J connectivity index is 1.75. The van der Waals surface area contributed by atoms with Crippen LogP contribution in [0.2, 0.25) is 0 Å². The van der Waals surface area contributed by atoms with E-state index >= 15 is 0 Å². The van der Waals surface area contributed by atoms with Crippen LogP contribution in [0.4, 0.5) is 11.4 Å². The van der Waals surface area contributed by atoms with Crippen molar-refractivity contribution in [1.82, 2.24) is 0 Å². The van der Waals surface area contributed by atoms with E-state index in [0.717, 1.165) is 31.6 Å². The topological polar surface area (TPSA) is 29.3 Å². The third-order valence-electron chi connectivity index (χ3n) is 3.33. The Morgan fingerprint density at radius 2 is 2.18 bits per heavy atom. The van der Waals surface area contributed by atoms with Crippen molar-refractivity contribution in [3.8, 4) is 0 Å². The van der Waals surface area contributed by atoms with Crippen LogP contribution in [0.1, 0.15) is 10.4 Å². The number of thiophene rings is 1. The highest BCUT2D eigenvalue weighted by molar-refractivity contribution is 7.09. The lowest BCUT2D eigenvalue weighted by Gasteiger charge is -2.20. The highest BCUT2D eigenvalue weighted by atomic mass is 32.1. The van der Waals surface area contributed by atoms with Crippen LogP contribution in [-0.4, -0.2) is 13.1 Å². The molecule has 0 saturated carbocycles. The van der Waals surface area contributed by atoms with Gasteiger partial charge in [0.25, 0.3) is 0 Å². The largest absolute Gasteiger partial charge is 0.397 e. The van der Waals surface area contributed by atoms with Gasteiger partial charge in [0.1, 0.15) is 0 Å². The predicted octanol–water partition coefficient (Wildman–Crippen LogP) is 2.94. The van der Waals surface area contributed by atoms with Gasteiger partial charge < -0.3 is 10.6 Å². The third kappa shape index (κ3) is 2.03. The Labute approximate surface area is 106 Å². The molecule has 2 N–H and O–H groups in total. The molecule has 2 nitrogen and oxygen atoms in total. The Kier molecular flexibility index (Phi) is 2.77. The van der Waals surface area contributed by atoms with E-state index in [1.54, 1.807) is 0 Å². The SMILES string of the molecule is Nc1cccc2c1N(CCc1cccs1)CC2. The number of para-hydroxylation sites is 1. The minimum absolute atomic E-state index is 0.922. The second kappa shape index (κ2) is 4.41. The van der Waals surface area contributed by atoms with Gasteiger partial charge in [-0.1, -0.05) is 18.2 Å². The molecule has 3 rings (SSSR count). The van der Waals surface area contributed by atoms with Crippen molar-refractivity contribution in [3.63, 3.8) is 0 Å². The number of nitrogen functional groups attached to an aromatic ring is 1. The van der Waals surface area contributed by atoms with Crippen LogP contribution in [-0.2, 0) is 12.8 Å².